The minimum atomic E-state index is -3.92. The van der Waals surface area contributed by atoms with Gasteiger partial charge in [-0.05, 0) is 49.4 Å². The van der Waals surface area contributed by atoms with Crippen molar-refractivity contribution in [1.29, 1.82) is 0 Å². The Morgan fingerprint density at radius 1 is 1.16 bits per heavy atom. The fraction of sp³-hybridized carbons (Fsp3) is 0.500. The van der Waals surface area contributed by atoms with Crippen LogP contribution in [0.15, 0.2) is 29.2 Å². The van der Waals surface area contributed by atoms with Crippen molar-refractivity contribution in [3.63, 3.8) is 0 Å². The van der Waals surface area contributed by atoms with Crippen LogP contribution in [0.5, 0.6) is 0 Å². The van der Waals surface area contributed by atoms with Crippen LogP contribution in [-0.4, -0.2) is 40.6 Å². The molecule has 0 atom stereocenters. The van der Waals surface area contributed by atoms with Gasteiger partial charge in [0.05, 0.1) is 4.90 Å². The molecule has 3 amide bonds. The molecule has 0 spiro atoms. The smallest absolute Gasteiger partial charge is 0.318 e. The molecule has 25 heavy (non-hydrogen) atoms. The number of carbonyl (C=O) groups is 2. The van der Waals surface area contributed by atoms with Gasteiger partial charge in [0, 0.05) is 32.4 Å². The lowest BCUT2D eigenvalue weighted by Gasteiger charge is -2.21. The first kappa shape index (κ1) is 19.2. The van der Waals surface area contributed by atoms with Crippen molar-refractivity contribution >= 4 is 27.6 Å². The van der Waals surface area contributed by atoms with Gasteiger partial charge in [-0.3, -0.25) is 4.79 Å². The molecule has 1 heterocycles. The molecule has 2 rings (SSSR count). The second-order valence-corrected chi connectivity index (χ2v) is 7.53. The Labute approximate surface area is 147 Å². The second-order valence-electron chi connectivity index (χ2n) is 5.85. The summed E-state index contributed by atoms with van der Waals surface area (Å²) in [5, 5.41) is 4.92. The zero-order valence-corrected chi connectivity index (χ0v) is 14.9. The molecule has 0 aliphatic carbocycles. The van der Waals surface area contributed by atoms with Crippen LogP contribution in [0.1, 0.15) is 25.7 Å². The lowest BCUT2D eigenvalue weighted by molar-refractivity contribution is -0.119. The van der Waals surface area contributed by atoms with Gasteiger partial charge in [-0.2, -0.15) is 0 Å². The Bertz CT molecular complexity index is 697. The zero-order chi connectivity index (χ0) is 18.3. The fourth-order valence-electron chi connectivity index (χ4n) is 2.54. The van der Waals surface area contributed by atoms with Gasteiger partial charge in [-0.15, -0.1) is 0 Å². The Balaban J connectivity index is 1.89. The number of benzene rings is 1. The van der Waals surface area contributed by atoms with E-state index in [1.807, 2.05) is 0 Å². The predicted octanol–water partition coefficient (Wildman–Crippen LogP) is 1.45. The first-order valence-electron chi connectivity index (χ1n) is 8.13. The molecule has 8 nitrogen and oxygen atoms in total. The Kier molecular flexibility index (Phi) is 6.77. The number of sulfonamides is 1. The SMILES string of the molecule is CNC(=O)Nc1ccc(S(=O)(=O)NC(=O)CCC2CCOCC2)cc1. The summed E-state index contributed by atoms with van der Waals surface area (Å²) in [5.41, 5.74) is 0.448. The lowest BCUT2D eigenvalue weighted by atomic mass is 9.95. The summed E-state index contributed by atoms with van der Waals surface area (Å²) in [4.78, 5) is 23.1. The van der Waals surface area contributed by atoms with Crippen molar-refractivity contribution in [1.82, 2.24) is 10.0 Å². The molecule has 1 aliphatic heterocycles. The van der Waals surface area contributed by atoms with Crippen molar-refractivity contribution < 1.29 is 22.7 Å². The number of nitrogens with one attached hydrogen (secondary N) is 3. The molecule has 0 radical (unpaired) electrons. The summed E-state index contributed by atoms with van der Waals surface area (Å²) < 4.78 is 31.8. The molecular weight excluding hydrogens is 346 g/mol. The highest BCUT2D eigenvalue weighted by molar-refractivity contribution is 7.90. The van der Waals surface area contributed by atoms with E-state index in [1.54, 1.807) is 0 Å². The summed E-state index contributed by atoms with van der Waals surface area (Å²) >= 11 is 0. The van der Waals surface area contributed by atoms with Gasteiger partial charge in [-0.25, -0.2) is 17.9 Å². The maximum absolute atomic E-state index is 12.2. The van der Waals surface area contributed by atoms with E-state index in [0.717, 1.165) is 12.8 Å². The first-order chi connectivity index (χ1) is 11.9. The lowest BCUT2D eigenvalue weighted by Crippen LogP contribution is -2.31. The van der Waals surface area contributed by atoms with Crippen molar-refractivity contribution in [3.8, 4) is 0 Å². The van der Waals surface area contributed by atoms with Gasteiger partial charge in [0.25, 0.3) is 10.0 Å². The molecule has 0 bridgehead atoms. The fourth-order valence-corrected chi connectivity index (χ4v) is 3.56. The largest absolute Gasteiger partial charge is 0.381 e. The number of rotatable bonds is 6. The summed E-state index contributed by atoms with van der Waals surface area (Å²) in [7, 11) is -2.44. The average Bonchev–Trinajstić information content (AvgIpc) is 2.61. The van der Waals surface area contributed by atoms with Crippen molar-refractivity contribution in [2.45, 2.75) is 30.6 Å². The molecule has 1 fully saturated rings. The minimum Gasteiger partial charge on any atom is -0.381 e. The van der Waals surface area contributed by atoms with E-state index in [4.69, 9.17) is 4.74 Å². The third kappa shape index (κ3) is 6.02. The molecular formula is C16H23N3O5S. The van der Waals surface area contributed by atoms with E-state index >= 15 is 0 Å². The number of carbonyl (C=O) groups excluding carboxylic acids is 2. The predicted molar refractivity (Wildman–Crippen MR) is 92.6 cm³/mol. The number of amides is 3. The number of anilines is 1. The quantitative estimate of drug-likeness (QED) is 0.702. The average molecular weight is 369 g/mol. The zero-order valence-electron chi connectivity index (χ0n) is 14.1. The molecule has 0 saturated carbocycles. The molecule has 3 N–H and O–H groups in total. The Hall–Kier alpha value is -2.13. The normalized spacial score (nSPS) is 15.4. The van der Waals surface area contributed by atoms with E-state index in [1.165, 1.54) is 31.3 Å². The minimum absolute atomic E-state index is 0.0330. The van der Waals surface area contributed by atoms with Crippen LogP contribution >= 0.6 is 0 Å². The molecule has 1 aromatic rings. The summed E-state index contributed by atoms with van der Waals surface area (Å²) in [6, 6.07) is 5.17. The first-order valence-corrected chi connectivity index (χ1v) is 9.61. The van der Waals surface area contributed by atoms with E-state index in [9.17, 15) is 18.0 Å². The molecule has 1 aromatic carbocycles. The summed E-state index contributed by atoms with van der Waals surface area (Å²) in [5.74, 6) is -0.115. The van der Waals surface area contributed by atoms with Crippen LogP contribution < -0.4 is 15.4 Å². The van der Waals surface area contributed by atoms with Gasteiger partial charge in [0.2, 0.25) is 5.91 Å². The standard InChI is InChI=1S/C16H23N3O5S/c1-17-16(21)18-13-3-5-14(6-4-13)25(22,23)19-15(20)7-2-12-8-10-24-11-9-12/h3-6,12H,2,7-11H2,1H3,(H,19,20)(H2,17,18,21). The summed E-state index contributed by atoms with van der Waals surface area (Å²) in [6.07, 6.45) is 2.62. The van der Waals surface area contributed by atoms with Crippen LogP contribution in [0, 0.1) is 5.92 Å². The summed E-state index contributed by atoms with van der Waals surface area (Å²) in [6.45, 7) is 1.39. The van der Waals surface area contributed by atoms with Gasteiger partial charge >= 0.3 is 6.03 Å². The van der Waals surface area contributed by atoms with Gasteiger partial charge < -0.3 is 15.4 Å². The third-order valence-corrected chi connectivity index (χ3v) is 5.41. The third-order valence-electron chi connectivity index (χ3n) is 4.02. The van der Waals surface area contributed by atoms with Gasteiger partial charge in [-0.1, -0.05) is 0 Å². The maximum atomic E-state index is 12.2. The van der Waals surface area contributed by atoms with E-state index < -0.39 is 22.0 Å². The van der Waals surface area contributed by atoms with Crippen LogP contribution in [0.3, 0.4) is 0 Å². The highest BCUT2D eigenvalue weighted by Gasteiger charge is 2.20. The molecule has 1 aliphatic rings. The highest BCUT2D eigenvalue weighted by atomic mass is 32.2. The topological polar surface area (TPSA) is 114 Å². The van der Waals surface area contributed by atoms with E-state index in [2.05, 4.69) is 15.4 Å². The van der Waals surface area contributed by atoms with Crippen molar-refractivity contribution in [2.24, 2.45) is 5.92 Å². The number of hydrogen-bond donors (Lipinski definition) is 3. The van der Waals surface area contributed by atoms with Gasteiger partial charge in [0.15, 0.2) is 0 Å². The molecule has 1 saturated heterocycles. The second kappa shape index (κ2) is 8.82. The van der Waals surface area contributed by atoms with Crippen LogP contribution in [0.25, 0.3) is 0 Å². The van der Waals surface area contributed by atoms with Crippen LogP contribution in [0.4, 0.5) is 10.5 Å². The maximum Gasteiger partial charge on any atom is 0.318 e. The Morgan fingerprint density at radius 2 is 1.80 bits per heavy atom. The number of urea groups is 1. The van der Waals surface area contributed by atoms with Crippen LogP contribution in [-0.2, 0) is 19.6 Å². The molecule has 0 unspecified atom stereocenters. The monoisotopic (exact) mass is 369 g/mol. The van der Waals surface area contributed by atoms with Crippen LogP contribution in [0.2, 0.25) is 0 Å². The van der Waals surface area contributed by atoms with Gasteiger partial charge in [0.1, 0.15) is 0 Å². The van der Waals surface area contributed by atoms with Crippen molar-refractivity contribution in [2.75, 3.05) is 25.6 Å². The van der Waals surface area contributed by atoms with Crippen molar-refractivity contribution in [3.05, 3.63) is 24.3 Å². The number of hydrogen-bond acceptors (Lipinski definition) is 5. The van der Waals surface area contributed by atoms with E-state index in [-0.39, 0.29) is 11.3 Å². The number of ether oxygens (including phenoxy) is 1. The molecule has 0 aromatic heterocycles. The Morgan fingerprint density at radius 3 is 2.40 bits per heavy atom. The van der Waals surface area contributed by atoms with E-state index in [0.29, 0.717) is 31.2 Å². The highest BCUT2D eigenvalue weighted by Crippen LogP contribution is 2.20. The molecule has 9 heteroatoms. The molecule has 138 valence electrons.